The van der Waals surface area contributed by atoms with Crippen LogP contribution in [0.4, 0.5) is 0 Å². The number of halogens is 4. The first-order valence-electron chi connectivity index (χ1n) is 30.8. The number of ketones is 2. The molecule has 26 heteroatoms. The van der Waals surface area contributed by atoms with Crippen molar-refractivity contribution in [3.63, 3.8) is 0 Å². The third kappa shape index (κ3) is 21.7. The molecule has 0 fully saturated rings. The molecule has 0 aliphatic carbocycles. The summed E-state index contributed by atoms with van der Waals surface area (Å²) in [5.74, 6) is -10.7. The zero-order valence-corrected chi connectivity index (χ0v) is 56.5. The smallest absolute Gasteiger partial charge is 0.305 e. The number of hydrogen-bond donors (Lipinski definition) is 9. The predicted molar refractivity (Wildman–Crippen MR) is 373 cm³/mol. The molecular formula is C73H69Cl4N7O15. The van der Waals surface area contributed by atoms with Gasteiger partial charge < -0.3 is 57.3 Å². The van der Waals surface area contributed by atoms with Gasteiger partial charge in [0.1, 0.15) is 45.7 Å². The van der Waals surface area contributed by atoms with E-state index in [1.807, 2.05) is 60.7 Å². The Kier molecular flexibility index (Phi) is 27.6. The Morgan fingerprint density at radius 2 is 0.788 bits per heavy atom. The summed E-state index contributed by atoms with van der Waals surface area (Å²) in [5, 5.41) is 34.4. The van der Waals surface area contributed by atoms with Crippen molar-refractivity contribution < 1.29 is 72.4 Å². The van der Waals surface area contributed by atoms with Gasteiger partial charge in [0, 0.05) is 42.6 Å². The fourth-order valence-corrected chi connectivity index (χ4v) is 10.9. The molecule has 0 spiro atoms. The van der Waals surface area contributed by atoms with Crippen LogP contribution in [-0.4, -0.2) is 112 Å². The Morgan fingerprint density at radius 1 is 0.434 bits per heavy atom. The maximum atomic E-state index is 14.4. The maximum absolute atomic E-state index is 14.4. The molecule has 99 heavy (non-hydrogen) atoms. The van der Waals surface area contributed by atoms with E-state index >= 15 is 0 Å². The van der Waals surface area contributed by atoms with Crippen LogP contribution in [0.1, 0.15) is 92.9 Å². The van der Waals surface area contributed by atoms with E-state index in [1.54, 1.807) is 62.4 Å². The monoisotopic (exact) mass is 1420 g/mol. The number of hydrogen-bond acceptors (Lipinski definition) is 13. The first-order chi connectivity index (χ1) is 47.2. The maximum Gasteiger partial charge on any atom is 0.305 e. The summed E-state index contributed by atoms with van der Waals surface area (Å²) >= 11 is 25.6. The first-order valence-corrected chi connectivity index (χ1v) is 32.3. The van der Waals surface area contributed by atoms with Gasteiger partial charge in [0.05, 0.1) is 22.9 Å². The SMILES string of the molecule is C=C(CC)C(=O)c1ccc(OCC(=O)N[C@@H](CC(=O)O)C(=O)N[C@@H](Cc2ccc(-c3ccccc3)cc2)C(=O)NCc2cc(CNC(=O)[C@H](Cc3ccc(-c4ccccc4)cc3)NC(=O)[C@H](CC(=O)O)NC(=O)COc3ccc(C(=O)C(=C)CC)c(Cl)c3Cl)cc(C(N)=O)c2)c(Cl)c1Cl. The van der Waals surface area contributed by atoms with Crippen molar-refractivity contribution in [1.82, 2.24) is 31.9 Å². The van der Waals surface area contributed by atoms with Crippen molar-refractivity contribution in [1.29, 1.82) is 0 Å². The molecule has 7 rings (SSSR count). The minimum Gasteiger partial charge on any atom is -0.482 e. The molecule has 0 radical (unpaired) electrons. The second kappa shape index (κ2) is 36.1. The molecule has 10 N–H and O–H groups in total. The van der Waals surface area contributed by atoms with Crippen molar-refractivity contribution in [2.75, 3.05) is 13.2 Å². The van der Waals surface area contributed by atoms with Gasteiger partial charge in [0.25, 0.3) is 11.8 Å². The van der Waals surface area contributed by atoms with E-state index in [-0.39, 0.29) is 96.5 Å². The van der Waals surface area contributed by atoms with Crippen LogP contribution >= 0.6 is 46.4 Å². The average molecular weight is 1430 g/mol. The van der Waals surface area contributed by atoms with E-state index in [0.29, 0.717) is 24.0 Å². The highest BCUT2D eigenvalue weighted by Gasteiger charge is 2.32. The number of Topliss-reactive ketones (excluding diaryl/α,β-unsaturated/α-hetero) is 2. The third-order valence-corrected chi connectivity index (χ3v) is 17.1. The number of carbonyl (C=O) groups excluding carboxylic acids is 9. The Bertz CT molecular complexity index is 3970. The number of nitrogens with two attached hydrogens (primary N) is 1. The first kappa shape index (κ1) is 75.7. The highest BCUT2D eigenvalue weighted by Crippen LogP contribution is 2.37. The summed E-state index contributed by atoms with van der Waals surface area (Å²) < 4.78 is 11.1. The van der Waals surface area contributed by atoms with Crippen LogP contribution in [0.25, 0.3) is 22.3 Å². The van der Waals surface area contributed by atoms with E-state index in [4.69, 9.17) is 61.6 Å². The Balaban J connectivity index is 1.08. The van der Waals surface area contributed by atoms with Crippen LogP contribution < -0.4 is 47.1 Å². The van der Waals surface area contributed by atoms with Crippen LogP contribution in [0.5, 0.6) is 11.5 Å². The summed E-state index contributed by atoms with van der Waals surface area (Å²) in [5.41, 5.74) is 11.5. The molecule has 0 heterocycles. The number of carboxylic acids is 2. The van der Waals surface area contributed by atoms with Crippen molar-refractivity contribution in [2.45, 2.75) is 89.6 Å². The molecule has 7 aromatic carbocycles. The van der Waals surface area contributed by atoms with Gasteiger partial charge in [-0.1, -0.05) is 189 Å². The van der Waals surface area contributed by atoms with Crippen molar-refractivity contribution >= 4 is 111 Å². The largest absolute Gasteiger partial charge is 0.482 e. The van der Waals surface area contributed by atoms with Gasteiger partial charge in [-0.25, -0.2) is 0 Å². The average Bonchev–Trinajstić information content (AvgIpc) is 0.831. The van der Waals surface area contributed by atoms with E-state index < -0.39 is 115 Å². The van der Waals surface area contributed by atoms with Crippen LogP contribution in [0.2, 0.25) is 20.1 Å². The summed E-state index contributed by atoms with van der Waals surface area (Å²) in [6.45, 7) is 8.67. The highest BCUT2D eigenvalue weighted by atomic mass is 35.5. The molecule has 0 saturated heterocycles. The van der Waals surface area contributed by atoms with Crippen LogP contribution in [0.15, 0.2) is 176 Å². The number of carbonyl (C=O) groups is 11. The number of ether oxygens (including phenoxy) is 2. The molecule has 7 amide bonds. The van der Waals surface area contributed by atoms with Gasteiger partial charge in [-0.05, 0) is 105 Å². The van der Waals surface area contributed by atoms with E-state index in [9.17, 15) is 63.0 Å². The second-order valence-electron chi connectivity index (χ2n) is 22.6. The summed E-state index contributed by atoms with van der Waals surface area (Å²) in [6, 6.07) is 36.1. The lowest BCUT2D eigenvalue weighted by Crippen LogP contribution is -2.55. The molecule has 514 valence electrons. The number of rotatable bonds is 35. The Morgan fingerprint density at radius 3 is 1.12 bits per heavy atom. The van der Waals surface area contributed by atoms with Gasteiger partial charge in [-0.3, -0.25) is 52.7 Å². The van der Waals surface area contributed by atoms with E-state index in [1.165, 1.54) is 42.5 Å². The van der Waals surface area contributed by atoms with E-state index in [2.05, 4.69) is 45.1 Å². The molecule has 0 aromatic heterocycles. The van der Waals surface area contributed by atoms with Crippen molar-refractivity contribution in [3.05, 3.63) is 235 Å². The topological polar surface area (TPSA) is 345 Å². The minimum atomic E-state index is -1.77. The lowest BCUT2D eigenvalue weighted by molar-refractivity contribution is -0.141. The number of aliphatic carboxylic acids is 2. The molecule has 0 aliphatic heterocycles. The fraction of sp³-hybridized carbons (Fsp3) is 0.219. The molecule has 22 nitrogen and oxygen atoms in total. The highest BCUT2D eigenvalue weighted by molar-refractivity contribution is 6.46. The summed E-state index contributed by atoms with van der Waals surface area (Å²) in [4.78, 5) is 147. The van der Waals surface area contributed by atoms with Gasteiger partial charge >= 0.3 is 11.9 Å². The zero-order chi connectivity index (χ0) is 72.0. The molecule has 0 bridgehead atoms. The molecule has 0 aliphatic rings. The quantitative estimate of drug-likeness (QED) is 0.0132. The second-order valence-corrected chi connectivity index (χ2v) is 24.1. The van der Waals surface area contributed by atoms with Crippen molar-refractivity contribution in [2.24, 2.45) is 5.73 Å². The molecule has 7 aromatic rings. The molecule has 0 unspecified atom stereocenters. The summed E-state index contributed by atoms with van der Waals surface area (Å²) in [7, 11) is 0. The van der Waals surface area contributed by atoms with Crippen molar-refractivity contribution in [3.8, 4) is 33.8 Å². The molecule has 4 atom stereocenters. The number of nitrogens with one attached hydrogen (secondary N) is 6. The Labute approximate surface area is 589 Å². The number of amides is 7. The van der Waals surface area contributed by atoms with Crippen LogP contribution in [-0.2, 0) is 64.3 Å². The summed E-state index contributed by atoms with van der Waals surface area (Å²) in [6.07, 6.45) is -1.53. The van der Waals surface area contributed by atoms with Gasteiger partial charge in [-0.15, -0.1) is 0 Å². The number of allylic oxidation sites excluding steroid dienone is 2. The number of benzene rings is 7. The van der Waals surface area contributed by atoms with Gasteiger partial charge in [-0.2, -0.15) is 0 Å². The third-order valence-electron chi connectivity index (χ3n) is 15.4. The fourth-order valence-electron chi connectivity index (χ4n) is 9.96. The molecular weight excluding hydrogens is 1360 g/mol. The lowest BCUT2D eigenvalue weighted by atomic mass is 9.99. The minimum absolute atomic E-state index is 0.0480. The number of carboxylic acid groups (broad SMARTS) is 2. The van der Waals surface area contributed by atoms with Gasteiger partial charge in [0.15, 0.2) is 24.8 Å². The van der Waals surface area contributed by atoms with E-state index in [0.717, 1.165) is 22.3 Å². The predicted octanol–water partition coefficient (Wildman–Crippen LogP) is 9.80. The molecule has 0 saturated carbocycles. The number of primary amides is 1. The van der Waals surface area contributed by atoms with Crippen LogP contribution in [0, 0.1) is 0 Å². The lowest BCUT2D eigenvalue weighted by Gasteiger charge is -2.23. The van der Waals surface area contributed by atoms with Gasteiger partial charge in [0.2, 0.25) is 29.5 Å². The zero-order valence-electron chi connectivity index (χ0n) is 53.5. The van der Waals surface area contributed by atoms with Crippen LogP contribution in [0.3, 0.4) is 0 Å². The Hall–Kier alpha value is -10.7. The standard InChI is InChI=1S/C73H69Cl4N7O15/c1-5-40(3)67(91)51-25-27-57(65(76)63(51)74)98-38-59(85)81-55(34-61(87)88)72(96)83-53(32-42-17-21-48(22-18-42)46-13-9-7-10-14-46)70(94)79-36-44-29-45(31-50(30-44)69(78)93)37-80-71(95)54(33-43-19-23-49(24-20-43)47-15-11-8-12-16-47)84-73(97)56(35-62(89)90)82-60(86)39-99-58-28-26-52(64(75)66(58)77)68(92)41(4)6-2/h7-31,53-56H,3-6,32-39H2,1-2H3,(H2,78,93)(H,79,94)(H,80,95)(H,81,85)(H,82,86)(H,83,96)(H,84,97)(H,87,88)(H,89,90)/t53-,54-,55-,56-/m0/s1. The normalized spacial score (nSPS) is 12.0.